The summed E-state index contributed by atoms with van der Waals surface area (Å²) < 4.78 is 0. The van der Waals surface area contributed by atoms with Crippen molar-refractivity contribution in [2.75, 3.05) is 11.5 Å². The lowest BCUT2D eigenvalue weighted by Crippen LogP contribution is -2.35. The molecular formula is C15H19NO3S. The minimum absolute atomic E-state index is 0.218. The molecule has 0 radical (unpaired) electrons. The molecule has 1 saturated carbocycles. The maximum absolute atomic E-state index is 11.8. The molecule has 1 aliphatic carbocycles. The third-order valence-corrected chi connectivity index (χ3v) is 4.38. The second-order valence-electron chi connectivity index (χ2n) is 5.21. The third-order valence-electron chi connectivity index (χ3n) is 3.21. The Morgan fingerprint density at radius 2 is 2.20 bits per heavy atom. The molecule has 0 saturated heterocycles. The molecule has 0 aliphatic heterocycles. The van der Waals surface area contributed by atoms with Gasteiger partial charge in [0.05, 0.1) is 5.75 Å². The van der Waals surface area contributed by atoms with E-state index in [1.165, 1.54) is 12.8 Å². The number of carbonyl (C=O) groups excluding carboxylic acids is 1. The Labute approximate surface area is 123 Å². The second kappa shape index (κ2) is 6.79. The molecule has 2 rings (SSSR count). The van der Waals surface area contributed by atoms with Crippen LogP contribution in [0.2, 0.25) is 0 Å². The number of nitrogens with one attached hydrogen (secondary N) is 1. The number of rotatable bonds is 7. The smallest absolute Gasteiger partial charge is 0.330 e. The summed E-state index contributed by atoms with van der Waals surface area (Å²) in [6.45, 7) is 1.90. The molecule has 1 fully saturated rings. The lowest BCUT2D eigenvalue weighted by molar-refractivity contribution is -0.141. The van der Waals surface area contributed by atoms with E-state index in [9.17, 15) is 14.7 Å². The number of hydrogen-bond acceptors (Lipinski definition) is 3. The van der Waals surface area contributed by atoms with Crippen molar-refractivity contribution < 1.29 is 14.7 Å². The summed E-state index contributed by atoms with van der Waals surface area (Å²) in [7, 11) is 0. The number of hydrogen-bond donors (Lipinski definition) is 2. The average Bonchev–Trinajstić information content (AvgIpc) is 3.19. The highest BCUT2D eigenvalue weighted by Crippen LogP contribution is 2.32. The number of aliphatic carboxylic acids is 1. The van der Waals surface area contributed by atoms with Gasteiger partial charge >= 0.3 is 5.97 Å². The van der Waals surface area contributed by atoms with Crippen LogP contribution in [0.1, 0.15) is 30.0 Å². The summed E-state index contributed by atoms with van der Waals surface area (Å²) in [5, 5.41) is 11.9. The number of carbonyl (C=O) groups is 2. The molecule has 1 aromatic rings. The lowest BCUT2D eigenvalue weighted by Gasteiger charge is -2.15. The molecule has 1 amide bonds. The predicted octanol–water partition coefficient (Wildman–Crippen LogP) is 2.38. The predicted molar refractivity (Wildman–Crippen MR) is 79.7 cm³/mol. The van der Waals surface area contributed by atoms with E-state index < -0.39 is 12.0 Å². The summed E-state index contributed by atoms with van der Waals surface area (Å²) in [5.41, 5.74) is 1.59. The van der Waals surface area contributed by atoms with Crippen LogP contribution in [0.5, 0.6) is 0 Å². The van der Waals surface area contributed by atoms with Gasteiger partial charge in [-0.05, 0) is 37.0 Å². The monoisotopic (exact) mass is 293 g/mol. The summed E-state index contributed by atoms with van der Waals surface area (Å²) >= 11 is 1.58. The van der Waals surface area contributed by atoms with Crippen molar-refractivity contribution in [1.82, 2.24) is 5.32 Å². The van der Waals surface area contributed by atoms with Crippen molar-refractivity contribution in [1.29, 1.82) is 0 Å². The number of benzene rings is 1. The highest BCUT2D eigenvalue weighted by molar-refractivity contribution is 7.99. The Bertz CT molecular complexity index is 500. The summed E-state index contributed by atoms with van der Waals surface area (Å²) in [5.74, 6) is 0.836. The second-order valence-corrected chi connectivity index (χ2v) is 6.24. The summed E-state index contributed by atoms with van der Waals surface area (Å²) in [6, 6.07) is 6.24. The van der Waals surface area contributed by atoms with E-state index in [1.807, 2.05) is 13.0 Å². The highest BCUT2D eigenvalue weighted by Gasteiger charge is 2.24. The molecular weight excluding hydrogens is 274 g/mol. The first kappa shape index (κ1) is 14.9. The van der Waals surface area contributed by atoms with Crippen LogP contribution in [0.15, 0.2) is 24.3 Å². The minimum atomic E-state index is -1.03. The summed E-state index contributed by atoms with van der Waals surface area (Å²) in [6.07, 6.45) is 2.52. The van der Waals surface area contributed by atoms with Gasteiger partial charge in [0.15, 0.2) is 6.04 Å². The molecule has 0 spiro atoms. The number of carboxylic acid groups (broad SMARTS) is 1. The van der Waals surface area contributed by atoms with Gasteiger partial charge in [-0.3, -0.25) is 4.79 Å². The zero-order valence-corrected chi connectivity index (χ0v) is 12.3. The first-order valence-corrected chi connectivity index (χ1v) is 7.88. The number of thioether (sulfide) groups is 1. The fourth-order valence-corrected chi connectivity index (χ4v) is 3.00. The van der Waals surface area contributed by atoms with Crippen LogP contribution in [0, 0.1) is 12.8 Å². The van der Waals surface area contributed by atoms with Gasteiger partial charge in [-0.2, -0.15) is 11.8 Å². The molecule has 0 heterocycles. The van der Waals surface area contributed by atoms with Crippen LogP contribution < -0.4 is 5.32 Å². The van der Waals surface area contributed by atoms with Crippen LogP contribution >= 0.6 is 11.8 Å². The van der Waals surface area contributed by atoms with Gasteiger partial charge in [-0.15, -0.1) is 0 Å². The number of amides is 1. The van der Waals surface area contributed by atoms with E-state index in [2.05, 4.69) is 5.32 Å². The fourth-order valence-electron chi connectivity index (χ4n) is 1.94. The largest absolute Gasteiger partial charge is 0.479 e. The normalized spacial score (nSPS) is 15.7. The van der Waals surface area contributed by atoms with E-state index in [4.69, 9.17) is 0 Å². The van der Waals surface area contributed by atoms with Crippen molar-refractivity contribution in [3.05, 3.63) is 35.4 Å². The van der Waals surface area contributed by atoms with Crippen LogP contribution in [0.4, 0.5) is 0 Å². The van der Waals surface area contributed by atoms with E-state index in [0.717, 1.165) is 17.2 Å². The van der Waals surface area contributed by atoms with E-state index in [0.29, 0.717) is 11.3 Å². The molecule has 2 N–H and O–H groups in total. The quantitative estimate of drug-likeness (QED) is 0.810. The van der Waals surface area contributed by atoms with Crippen LogP contribution in [-0.2, 0) is 9.59 Å². The lowest BCUT2D eigenvalue weighted by atomic mass is 10.0. The molecule has 0 unspecified atom stereocenters. The minimum Gasteiger partial charge on any atom is -0.479 e. The third kappa shape index (κ3) is 4.56. The maximum atomic E-state index is 11.8. The van der Waals surface area contributed by atoms with Crippen molar-refractivity contribution >= 4 is 23.6 Å². The molecule has 108 valence electrons. The van der Waals surface area contributed by atoms with Crippen LogP contribution in [0.3, 0.4) is 0 Å². The van der Waals surface area contributed by atoms with Crippen LogP contribution in [-0.4, -0.2) is 28.5 Å². The summed E-state index contributed by atoms with van der Waals surface area (Å²) in [4.78, 5) is 23.1. The van der Waals surface area contributed by atoms with Gasteiger partial charge < -0.3 is 10.4 Å². The average molecular weight is 293 g/mol. The van der Waals surface area contributed by atoms with Crippen molar-refractivity contribution in [2.45, 2.75) is 25.8 Å². The van der Waals surface area contributed by atoms with Gasteiger partial charge in [-0.25, -0.2) is 4.79 Å². The first-order valence-electron chi connectivity index (χ1n) is 6.72. The fraction of sp³-hybridized carbons (Fsp3) is 0.467. The SMILES string of the molecule is Cc1cccc([C@@H](NC(=O)CSCC2CC2)C(=O)O)c1. The Kier molecular flexibility index (Phi) is 5.06. The first-order chi connectivity index (χ1) is 9.56. The topological polar surface area (TPSA) is 66.4 Å². The zero-order chi connectivity index (χ0) is 14.5. The molecule has 0 bridgehead atoms. The Morgan fingerprint density at radius 3 is 2.80 bits per heavy atom. The van der Waals surface area contributed by atoms with Crippen molar-refractivity contribution in [3.63, 3.8) is 0 Å². The molecule has 4 nitrogen and oxygen atoms in total. The standard InChI is InChI=1S/C15H19NO3S/c1-10-3-2-4-12(7-10)14(15(18)19)16-13(17)9-20-8-11-5-6-11/h2-4,7,11,14H,5-6,8-9H2,1H3,(H,16,17)(H,18,19)/t14-/m1/s1. The number of carboxylic acids is 1. The van der Waals surface area contributed by atoms with Gasteiger partial charge in [-0.1, -0.05) is 29.8 Å². The van der Waals surface area contributed by atoms with Gasteiger partial charge in [0.25, 0.3) is 0 Å². The molecule has 5 heteroatoms. The van der Waals surface area contributed by atoms with E-state index in [1.54, 1.807) is 30.0 Å². The molecule has 1 atom stereocenters. The van der Waals surface area contributed by atoms with Crippen molar-refractivity contribution in [3.8, 4) is 0 Å². The molecule has 1 aliphatic rings. The Morgan fingerprint density at radius 1 is 1.45 bits per heavy atom. The molecule has 20 heavy (non-hydrogen) atoms. The Balaban J connectivity index is 1.90. The highest BCUT2D eigenvalue weighted by atomic mass is 32.2. The molecule has 1 aromatic carbocycles. The van der Waals surface area contributed by atoms with Crippen LogP contribution in [0.25, 0.3) is 0 Å². The molecule has 0 aromatic heterocycles. The maximum Gasteiger partial charge on any atom is 0.330 e. The van der Waals surface area contributed by atoms with Crippen molar-refractivity contribution in [2.24, 2.45) is 5.92 Å². The zero-order valence-electron chi connectivity index (χ0n) is 11.5. The van der Waals surface area contributed by atoms with Gasteiger partial charge in [0.1, 0.15) is 0 Å². The number of aryl methyl sites for hydroxylation is 1. The van der Waals surface area contributed by atoms with Gasteiger partial charge in [0.2, 0.25) is 5.91 Å². The van der Waals surface area contributed by atoms with Gasteiger partial charge in [0, 0.05) is 0 Å². The van der Waals surface area contributed by atoms with E-state index >= 15 is 0 Å². The Hall–Kier alpha value is -1.49. The van der Waals surface area contributed by atoms with E-state index in [-0.39, 0.29) is 5.91 Å².